The Morgan fingerprint density at radius 3 is 2.67 bits per heavy atom. The highest BCUT2D eigenvalue weighted by Crippen LogP contribution is 2.38. The number of ether oxygens (including phenoxy) is 2. The van der Waals surface area contributed by atoms with E-state index in [0.717, 1.165) is 0 Å². The molecule has 0 spiro atoms. The molecule has 0 aliphatic heterocycles. The van der Waals surface area contributed by atoms with E-state index in [1.54, 1.807) is 12.1 Å². The van der Waals surface area contributed by atoms with E-state index in [9.17, 15) is 9.90 Å². The van der Waals surface area contributed by atoms with Crippen LogP contribution in [0.1, 0.15) is 5.56 Å². The van der Waals surface area contributed by atoms with Crippen molar-refractivity contribution < 1.29 is 19.4 Å². The molecule has 0 saturated carbocycles. The number of phenolic OH excluding ortho intramolecular Hbond substituents is 1. The molecule has 1 aromatic carbocycles. The van der Waals surface area contributed by atoms with Crippen LogP contribution in [0.2, 0.25) is 0 Å². The van der Waals surface area contributed by atoms with Crippen LogP contribution in [-0.2, 0) is 11.3 Å². The zero-order chi connectivity index (χ0) is 11.3. The lowest BCUT2D eigenvalue weighted by atomic mass is 10.1. The average Bonchev–Trinajstić information content (AvgIpc) is 2.27. The summed E-state index contributed by atoms with van der Waals surface area (Å²) in [6, 6.07) is 3.24. The molecule has 0 unspecified atom stereocenters. The summed E-state index contributed by atoms with van der Waals surface area (Å²) in [5.41, 5.74) is 0.482. The lowest BCUT2D eigenvalue weighted by molar-refractivity contribution is 0.331. The van der Waals surface area contributed by atoms with E-state index in [1.807, 2.05) is 0 Å². The van der Waals surface area contributed by atoms with Crippen molar-refractivity contribution in [3.63, 3.8) is 0 Å². The van der Waals surface area contributed by atoms with Gasteiger partial charge in [0.15, 0.2) is 11.5 Å². The van der Waals surface area contributed by atoms with Crippen LogP contribution >= 0.6 is 0 Å². The summed E-state index contributed by atoms with van der Waals surface area (Å²) >= 11 is 0. The smallest absolute Gasteiger partial charge is 0.235 e. The minimum atomic E-state index is -0.0733. The van der Waals surface area contributed by atoms with Gasteiger partial charge in [-0.1, -0.05) is 0 Å². The van der Waals surface area contributed by atoms with Crippen molar-refractivity contribution in [1.82, 2.24) is 0 Å². The minimum absolute atomic E-state index is 0.0652. The number of aromatic hydroxyl groups is 1. The van der Waals surface area contributed by atoms with Crippen LogP contribution in [0.4, 0.5) is 0 Å². The molecular weight excluding hydrogens is 198 g/mol. The zero-order valence-electron chi connectivity index (χ0n) is 8.48. The Morgan fingerprint density at radius 1 is 1.40 bits per heavy atom. The molecule has 0 amide bonds. The van der Waals surface area contributed by atoms with E-state index in [2.05, 4.69) is 4.99 Å². The minimum Gasteiger partial charge on any atom is -0.504 e. The number of isocyanates is 1. The summed E-state index contributed by atoms with van der Waals surface area (Å²) in [6.07, 6.45) is 1.40. The summed E-state index contributed by atoms with van der Waals surface area (Å²) in [5.74, 6) is 0.584. The Labute approximate surface area is 87.0 Å². The molecule has 0 bridgehead atoms. The van der Waals surface area contributed by atoms with E-state index in [-0.39, 0.29) is 18.0 Å². The van der Waals surface area contributed by atoms with Crippen LogP contribution in [0, 0.1) is 0 Å². The van der Waals surface area contributed by atoms with Crippen molar-refractivity contribution in [3.8, 4) is 17.2 Å². The fourth-order valence-electron chi connectivity index (χ4n) is 1.20. The molecule has 1 rings (SSSR count). The van der Waals surface area contributed by atoms with Crippen LogP contribution < -0.4 is 9.47 Å². The van der Waals surface area contributed by atoms with Gasteiger partial charge in [-0.3, -0.25) is 0 Å². The third-order valence-corrected chi connectivity index (χ3v) is 1.92. The monoisotopic (exact) mass is 209 g/mol. The van der Waals surface area contributed by atoms with Crippen LogP contribution in [0.3, 0.4) is 0 Å². The normalized spacial score (nSPS) is 9.20. The van der Waals surface area contributed by atoms with Crippen molar-refractivity contribution in [3.05, 3.63) is 17.7 Å². The Kier molecular flexibility index (Phi) is 3.71. The van der Waals surface area contributed by atoms with Gasteiger partial charge < -0.3 is 14.6 Å². The number of nitrogens with zero attached hydrogens (tertiary/aromatic N) is 1. The first-order valence-electron chi connectivity index (χ1n) is 4.21. The quantitative estimate of drug-likeness (QED) is 0.598. The highest BCUT2D eigenvalue weighted by Gasteiger charge is 2.13. The molecule has 0 heterocycles. The highest BCUT2D eigenvalue weighted by atomic mass is 16.5. The second kappa shape index (κ2) is 5.02. The van der Waals surface area contributed by atoms with Crippen molar-refractivity contribution in [2.24, 2.45) is 4.99 Å². The summed E-state index contributed by atoms with van der Waals surface area (Å²) in [7, 11) is 2.89. The second-order valence-corrected chi connectivity index (χ2v) is 2.72. The van der Waals surface area contributed by atoms with E-state index in [1.165, 1.54) is 20.3 Å². The van der Waals surface area contributed by atoms with Gasteiger partial charge in [-0.2, -0.15) is 0 Å². The second-order valence-electron chi connectivity index (χ2n) is 2.72. The largest absolute Gasteiger partial charge is 0.504 e. The molecule has 0 saturated heterocycles. The molecule has 15 heavy (non-hydrogen) atoms. The number of methoxy groups -OCH3 is 2. The Hall–Kier alpha value is -2.00. The first-order valence-corrected chi connectivity index (χ1v) is 4.21. The van der Waals surface area contributed by atoms with Crippen LogP contribution in [0.5, 0.6) is 17.2 Å². The van der Waals surface area contributed by atoms with Crippen molar-refractivity contribution in [2.75, 3.05) is 14.2 Å². The van der Waals surface area contributed by atoms with Crippen LogP contribution in [-0.4, -0.2) is 25.4 Å². The van der Waals surface area contributed by atoms with Gasteiger partial charge in [-0.25, -0.2) is 9.79 Å². The number of hydrogen-bond donors (Lipinski definition) is 1. The Bertz CT molecular complexity index is 397. The molecule has 1 N–H and O–H groups in total. The molecular formula is C10H11NO4. The molecule has 5 heteroatoms. The van der Waals surface area contributed by atoms with Crippen LogP contribution in [0.25, 0.3) is 0 Å². The summed E-state index contributed by atoms with van der Waals surface area (Å²) in [6.45, 7) is 0.0652. The third-order valence-electron chi connectivity index (χ3n) is 1.92. The number of rotatable bonds is 4. The topological polar surface area (TPSA) is 68.1 Å². The van der Waals surface area contributed by atoms with Gasteiger partial charge in [0.25, 0.3) is 0 Å². The number of carbonyl (C=O) groups excluding carboxylic acids is 1. The Morgan fingerprint density at radius 2 is 2.13 bits per heavy atom. The van der Waals surface area contributed by atoms with Gasteiger partial charge in [0, 0.05) is 5.56 Å². The standard InChI is InChI=1S/C10H11NO4/c1-14-8-4-3-7(5-11-6-12)9(13)10(8)15-2/h3-4,13H,5H2,1-2H3. The molecule has 1 aromatic rings. The fraction of sp³-hybridized carbons (Fsp3) is 0.300. The molecule has 0 aliphatic carbocycles. The molecule has 0 fully saturated rings. The lowest BCUT2D eigenvalue weighted by Gasteiger charge is -2.11. The molecule has 5 nitrogen and oxygen atoms in total. The third kappa shape index (κ3) is 2.27. The van der Waals surface area contributed by atoms with Crippen LogP contribution in [0.15, 0.2) is 17.1 Å². The van der Waals surface area contributed by atoms with Gasteiger partial charge in [-0.05, 0) is 12.1 Å². The summed E-state index contributed by atoms with van der Waals surface area (Å²) in [4.78, 5) is 13.3. The number of aliphatic imine (C=N–C) groups is 1. The fourth-order valence-corrected chi connectivity index (χ4v) is 1.20. The molecule has 80 valence electrons. The predicted molar refractivity (Wildman–Crippen MR) is 53.0 cm³/mol. The van der Waals surface area contributed by atoms with Gasteiger partial charge in [0.2, 0.25) is 11.8 Å². The highest BCUT2D eigenvalue weighted by molar-refractivity contribution is 5.55. The van der Waals surface area contributed by atoms with Gasteiger partial charge in [0.1, 0.15) is 0 Å². The maximum Gasteiger partial charge on any atom is 0.235 e. The maximum absolute atomic E-state index is 9.94. The molecule has 0 radical (unpaired) electrons. The van der Waals surface area contributed by atoms with Gasteiger partial charge in [-0.15, -0.1) is 0 Å². The zero-order valence-corrected chi connectivity index (χ0v) is 8.48. The van der Waals surface area contributed by atoms with E-state index in [4.69, 9.17) is 9.47 Å². The van der Waals surface area contributed by atoms with Gasteiger partial charge in [0.05, 0.1) is 20.8 Å². The van der Waals surface area contributed by atoms with Crippen molar-refractivity contribution in [1.29, 1.82) is 0 Å². The lowest BCUT2D eigenvalue weighted by Crippen LogP contribution is -1.93. The predicted octanol–water partition coefficient (Wildman–Crippen LogP) is 1.25. The van der Waals surface area contributed by atoms with E-state index < -0.39 is 0 Å². The molecule has 0 aromatic heterocycles. The maximum atomic E-state index is 9.94. The van der Waals surface area contributed by atoms with Crippen molar-refractivity contribution >= 4 is 6.08 Å². The number of benzene rings is 1. The SMILES string of the molecule is COc1ccc(CN=C=O)c(O)c1OC. The molecule has 0 aliphatic rings. The van der Waals surface area contributed by atoms with Gasteiger partial charge >= 0.3 is 0 Å². The van der Waals surface area contributed by atoms with Crippen molar-refractivity contribution in [2.45, 2.75) is 6.54 Å². The van der Waals surface area contributed by atoms with E-state index >= 15 is 0 Å². The summed E-state index contributed by atoms with van der Waals surface area (Å²) in [5, 5.41) is 9.73. The summed E-state index contributed by atoms with van der Waals surface area (Å²) < 4.78 is 9.96. The first-order chi connectivity index (χ1) is 7.24. The van der Waals surface area contributed by atoms with E-state index in [0.29, 0.717) is 11.3 Å². The number of hydrogen-bond acceptors (Lipinski definition) is 5. The first kappa shape index (κ1) is 11.1. The number of phenols is 1. The Balaban J connectivity index is 3.16. The molecule has 0 atom stereocenters. The average molecular weight is 209 g/mol.